The Kier molecular flexibility index (Phi) is 12.0. The van der Waals surface area contributed by atoms with Crippen LogP contribution in [0.1, 0.15) is 77.2 Å². The first-order valence-corrected chi connectivity index (χ1v) is 14.2. The topological polar surface area (TPSA) is 29.5 Å². The van der Waals surface area contributed by atoms with Crippen molar-refractivity contribution in [1.82, 2.24) is 0 Å². The molecule has 0 saturated heterocycles. The molecule has 2 nitrogen and oxygen atoms in total. The van der Waals surface area contributed by atoms with E-state index in [1.54, 1.807) is 12.1 Å². The zero-order chi connectivity index (χ0) is 27.5. The molecule has 0 amide bonds. The summed E-state index contributed by atoms with van der Waals surface area (Å²) in [6.07, 6.45) is 16.6. The Labute approximate surface area is 226 Å². The van der Waals surface area contributed by atoms with E-state index in [1.165, 1.54) is 6.07 Å². The third-order valence-electron chi connectivity index (χ3n) is 7.86. The average Bonchev–Trinajstić information content (AvgIpc) is 2.91. The van der Waals surface area contributed by atoms with E-state index < -0.39 is 17.6 Å². The predicted molar refractivity (Wildman–Crippen MR) is 150 cm³/mol. The Morgan fingerprint density at radius 3 is 2.58 bits per heavy atom. The number of rotatable bonds is 13. The third-order valence-corrected chi connectivity index (χ3v) is 7.86. The van der Waals surface area contributed by atoms with Gasteiger partial charge in [0.1, 0.15) is 5.83 Å². The Hall–Kier alpha value is -2.53. The fourth-order valence-corrected chi connectivity index (χ4v) is 5.59. The molecule has 1 saturated carbocycles. The van der Waals surface area contributed by atoms with E-state index in [4.69, 9.17) is 4.74 Å². The first kappa shape index (κ1) is 30.0. The van der Waals surface area contributed by atoms with Crippen LogP contribution < -0.4 is 4.74 Å². The molecule has 2 aliphatic carbocycles. The molecule has 2 aliphatic rings. The molecule has 0 aromatic heterocycles. The lowest BCUT2D eigenvalue weighted by Crippen LogP contribution is -2.28. The molecule has 1 N–H and O–H groups in total. The van der Waals surface area contributed by atoms with Gasteiger partial charge < -0.3 is 9.84 Å². The summed E-state index contributed by atoms with van der Waals surface area (Å²) in [5.41, 5.74) is 1.96. The van der Waals surface area contributed by atoms with Gasteiger partial charge in [0.2, 0.25) is 0 Å². The minimum Gasteiger partial charge on any atom is -0.490 e. The van der Waals surface area contributed by atoms with Crippen molar-refractivity contribution in [1.29, 1.82) is 0 Å². The number of allylic oxidation sites excluding steroid dienone is 8. The second-order valence-corrected chi connectivity index (χ2v) is 10.6. The molecule has 0 spiro atoms. The summed E-state index contributed by atoms with van der Waals surface area (Å²) in [6, 6.07) is 5.05. The van der Waals surface area contributed by atoms with Crippen molar-refractivity contribution in [2.75, 3.05) is 6.61 Å². The molecule has 5 heteroatoms. The highest BCUT2D eigenvalue weighted by Crippen LogP contribution is 2.45. The van der Waals surface area contributed by atoms with Crippen molar-refractivity contribution in [3.8, 4) is 5.75 Å². The van der Waals surface area contributed by atoms with E-state index in [9.17, 15) is 9.50 Å². The van der Waals surface area contributed by atoms with Crippen LogP contribution in [-0.4, -0.2) is 17.8 Å². The maximum absolute atomic E-state index is 15.3. The number of benzene rings is 1. The lowest BCUT2D eigenvalue weighted by molar-refractivity contribution is 0.0784. The second-order valence-electron chi connectivity index (χ2n) is 10.6. The lowest BCUT2D eigenvalue weighted by Gasteiger charge is -2.35. The van der Waals surface area contributed by atoms with Gasteiger partial charge in [-0.1, -0.05) is 43.4 Å². The predicted octanol–water partition coefficient (Wildman–Crippen LogP) is 9.28. The summed E-state index contributed by atoms with van der Waals surface area (Å²) < 4.78 is 50.2. The highest BCUT2D eigenvalue weighted by Gasteiger charge is 2.35. The summed E-state index contributed by atoms with van der Waals surface area (Å²) in [6.45, 7) is 7.83. The molecule has 1 aromatic rings. The van der Waals surface area contributed by atoms with Gasteiger partial charge in [-0.3, -0.25) is 0 Å². The number of aliphatic hydroxyl groups excluding tert-OH is 1. The summed E-state index contributed by atoms with van der Waals surface area (Å²) in [4.78, 5) is 0. The van der Waals surface area contributed by atoms with Crippen molar-refractivity contribution in [3.05, 3.63) is 89.3 Å². The molecular weight excluding hydrogens is 485 g/mol. The van der Waals surface area contributed by atoms with Gasteiger partial charge in [-0.05, 0) is 106 Å². The van der Waals surface area contributed by atoms with Crippen molar-refractivity contribution >= 4 is 0 Å². The second kappa shape index (κ2) is 15.2. The first-order chi connectivity index (χ1) is 18.3. The molecule has 0 heterocycles. The number of ether oxygens (including phenoxy) is 1. The summed E-state index contributed by atoms with van der Waals surface area (Å²) >= 11 is 0. The van der Waals surface area contributed by atoms with Crippen molar-refractivity contribution < 1.29 is 23.0 Å². The minimum atomic E-state index is -0.728. The largest absolute Gasteiger partial charge is 0.490 e. The van der Waals surface area contributed by atoms with Crippen LogP contribution in [0.4, 0.5) is 13.2 Å². The van der Waals surface area contributed by atoms with Crippen LogP contribution in [0.5, 0.6) is 5.75 Å². The van der Waals surface area contributed by atoms with E-state index in [1.807, 2.05) is 44.2 Å². The van der Waals surface area contributed by atoms with E-state index >= 15 is 8.78 Å². The first-order valence-electron chi connectivity index (χ1n) is 14.2. The van der Waals surface area contributed by atoms with Crippen LogP contribution in [-0.2, 0) is 6.42 Å². The van der Waals surface area contributed by atoms with Gasteiger partial charge in [-0.25, -0.2) is 13.2 Å². The number of aliphatic hydroxyl groups is 1. The molecule has 1 aromatic carbocycles. The SMILES string of the molecule is C=CCCOc1ccc(CCC/C=C\C(=C/CC)C2=CCC(C3CCC(C(C)O)CC3)C(F)=C2F)cc1F. The number of halogens is 3. The molecule has 0 aliphatic heterocycles. The van der Waals surface area contributed by atoms with Crippen LogP contribution in [0, 0.1) is 23.6 Å². The molecule has 2 atom stereocenters. The van der Waals surface area contributed by atoms with Gasteiger partial charge >= 0.3 is 0 Å². The monoisotopic (exact) mass is 528 g/mol. The van der Waals surface area contributed by atoms with Gasteiger partial charge in [0.05, 0.1) is 12.7 Å². The number of unbranched alkanes of at least 4 members (excludes halogenated alkanes) is 1. The lowest BCUT2D eigenvalue weighted by atomic mass is 9.71. The normalized spacial score (nSPS) is 23.5. The molecular formula is C33H43F3O2. The smallest absolute Gasteiger partial charge is 0.165 e. The Bertz CT molecular complexity index is 1040. The Morgan fingerprint density at radius 2 is 1.92 bits per heavy atom. The highest BCUT2D eigenvalue weighted by atomic mass is 19.2. The molecule has 3 rings (SSSR count). The zero-order valence-electron chi connectivity index (χ0n) is 22.9. The highest BCUT2D eigenvalue weighted by molar-refractivity contribution is 5.52. The summed E-state index contributed by atoms with van der Waals surface area (Å²) in [7, 11) is 0. The van der Waals surface area contributed by atoms with Gasteiger partial charge in [0.25, 0.3) is 0 Å². The molecule has 2 unspecified atom stereocenters. The number of hydrogen-bond acceptors (Lipinski definition) is 2. The van der Waals surface area contributed by atoms with Crippen molar-refractivity contribution in [2.45, 2.75) is 84.2 Å². The van der Waals surface area contributed by atoms with Crippen molar-refractivity contribution in [3.63, 3.8) is 0 Å². The van der Waals surface area contributed by atoms with E-state index in [-0.39, 0.29) is 29.5 Å². The zero-order valence-corrected chi connectivity index (χ0v) is 22.9. The molecule has 1 fully saturated rings. The number of aryl methyl sites for hydroxylation is 1. The van der Waals surface area contributed by atoms with Gasteiger partial charge in [-0.2, -0.15) is 0 Å². The average molecular weight is 529 g/mol. The fraction of sp³-hybridized carbons (Fsp3) is 0.515. The van der Waals surface area contributed by atoms with E-state index in [2.05, 4.69) is 6.58 Å². The van der Waals surface area contributed by atoms with Crippen LogP contribution in [0.3, 0.4) is 0 Å². The van der Waals surface area contributed by atoms with Gasteiger partial charge in [0.15, 0.2) is 17.4 Å². The minimum absolute atomic E-state index is 0.125. The molecule has 38 heavy (non-hydrogen) atoms. The maximum Gasteiger partial charge on any atom is 0.165 e. The van der Waals surface area contributed by atoms with Crippen LogP contribution in [0.15, 0.2) is 78.0 Å². The Morgan fingerprint density at radius 1 is 1.16 bits per heavy atom. The van der Waals surface area contributed by atoms with Crippen LogP contribution >= 0.6 is 0 Å². The van der Waals surface area contributed by atoms with E-state index in [0.29, 0.717) is 37.0 Å². The Balaban J connectivity index is 1.54. The van der Waals surface area contributed by atoms with Gasteiger partial charge in [-0.15, -0.1) is 6.58 Å². The number of hydrogen-bond donors (Lipinski definition) is 1. The molecule has 0 radical (unpaired) electrons. The fourth-order valence-electron chi connectivity index (χ4n) is 5.59. The third kappa shape index (κ3) is 8.23. The summed E-state index contributed by atoms with van der Waals surface area (Å²) in [5, 5.41) is 9.84. The van der Waals surface area contributed by atoms with Gasteiger partial charge in [0, 0.05) is 11.5 Å². The molecule has 0 bridgehead atoms. The van der Waals surface area contributed by atoms with E-state index in [0.717, 1.165) is 50.5 Å². The standard InChI is InChI=1S/C33H43F3O2/c1-4-6-21-38-31-20-13-24(22-30(31)34)11-8-7-9-12-26(10-5-2)28-18-19-29(33(36)32(28)35)27-16-14-25(15-17-27)23(3)37/h4,9-10,12-13,18,20,22-23,25,27,29,37H,1,5-8,11,14-17,19,21H2,2-3H3/b12-9-,26-10+. The van der Waals surface area contributed by atoms with Crippen LogP contribution in [0.2, 0.25) is 0 Å². The molecule has 208 valence electrons. The maximum atomic E-state index is 15.3. The van der Waals surface area contributed by atoms with Crippen LogP contribution in [0.25, 0.3) is 0 Å². The quantitative estimate of drug-likeness (QED) is 0.157. The summed E-state index contributed by atoms with van der Waals surface area (Å²) in [5.74, 6) is -1.46. The van der Waals surface area contributed by atoms with Crippen molar-refractivity contribution in [2.24, 2.45) is 17.8 Å².